The van der Waals surface area contributed by atoms with Crippen LogP contribution in [0.5, 0.6) is 0 Å². The fraction of sp³-hybridized carbons (Fsp3) is 0.455. The number of likely N-dealkylation sites (tertiary alicyclic amines) is 1. The first-order chi connectivity index (χ1) is 15.4. The fourth-order valence-electron chi connectivity index (χ4n) is 4.57. The van der Waals surface area contributed by atoms with E-state index in [-0.39, 0.29) is 11.3 Å². The number of halogens is 1. The van der Waals surface area contributed by atoms with Gasteiger partial charge in [0.05, 0.1) is 16.6 Å². The number of piperazine rings is 1. The molecule has 2 aliphatic rings. The zero-order valence-corrected chi connectivity index (χ0v) is 17.8. The Morgan fingerprint density at radius 2 is 2.00 bits per heavy atom. The zero-order valence-electron chi connectivity index (χ0n) is 17.8. The number of amides is 1. The highest BCUT2D eigenvalue weighted by molar-refractivity contribution is 6.01. The largest absolute Gasteiger partial charge is 0.393 e. The molecule has 1 aromatic carbocycles. The number of aromatic nitrogens is 1. The molecular weight excluding hydrogens is 415 g/mol. The van der Waals surface area contributed by atoms with Gasteiger partial charge in [0, 0.05) is 52.0 Å². The van der Waals surface area contributed by atoms with Crippen LogP contribution >= 0.6 is 0 Å². The number of anilines is 2. The first-order valence-electron chi connectivity index (χ1n) is 10.8. The van der Waals surface area contributed by atoms with Gasteiger partial charge in [-0.05, 0) is 37.0 Å². The standard InChI is InChI=1S/C22H27FN6O3/c23-17-12-18(21(24)19(13-17)29(31)32)22(30)28-7-3-4-16(15-28)14-26-8-10-27(11-9-26)20-5-1-2-6-25-20/h1-2,5-6,12-13,16H,3-4,7-11,14-15,24H2. The van der Waals surface area contributed by atoms with E-state index in [1.54, 1.807) is 11.1 Å². The highest BCUT2D eigenvalue weighted by Gasteiger charge is 2.30. The van der Waals surface area contributed by atoms with Gasteiger partial charge in [-0.2, -0.15) is 0 Å². The molecule has 0 bridgehead atoms. The molecule has 1 unspecified atom stereocenters. The number of piperidine rings is 1. The maximum atomic E-state index is 13.9. The smallest absolute Gasteiger partial charge is 0.295 e. The molecule has 0 radical (unpaired) electrons. The van der Waals surface area contributed by atoms with Crippen LogP contribution < -0.4 is 10.6 Å². The summed E-state index contributed by atoms with van der Waals surface area (Å²) in [6.45, 7) is 5.58. The maximum absolute atomic E-state index is 13.9. The van der Waals surface area contributed by atoms with Crippen LogP contribution in [0.2, 0.25) is 0 Å². The summed E-state index contributed by atoms with van der Waals surface area (Å²) >= 11 is 0. The molecule has 10 heteroatoms. The van der Waals surface area contributed by atoms with Crippen LogP contribution in [-0.2, 0) is 0 Å². The van der Waals surface area contributed by atoms with E-state index in [9.17, 15) is 19.3 Å². The van der Waals surface area contributed by atoms with Crippen molar-refractivity contribution in [1.82, 2.24) is 14.8 Å². The summed E-state index contributed by atoms with van der Waals surface area (Å²) in [6, 6.07) is 7.65. The molecule has 0 spiro atoms. The van der Waals surface area contributed by atoms with Gasteiger partial charge in [0.2, 0.25) is 0 Å². The molecular formula is C22H27FN6O3. The number of benzene rings is 1. The summed E-state index contributed by atoms with van der Waals surface area (Å²) in [5, 5.41) is 11.1. The Bertz CT molecular complexity index is 981. The van der Waals surface area contributed by atoms with E-state index in [1.807, 2.05) is 18.2 Å². The number of nitrogens with two attached hydrogens (primary N) is 1. The summed E-state index contributed by atoms with van der Waals surface area (Å²) in [4.78, 5) is 34.1. The molecule has 3 heterocycles. The van der Waals surface area contributed by atoms with Crippen molar-refractivity contribution in [2.24, 2.45) is 5.92 Å². The lowest BCUT2D eigenvalue weighted by atomic mass is 9.96. The minimum absolute atomic E-state index is 0.138. The van der Waals surface area contributed by atoms with Crippen molar-refractivity contribution in [3.05, 3.63) is 58.0 Å². The van der Waals surface area contributed by atoms with Crippen molar-refractivity contribution in [2.45, 2.75) is 12.8 Å². The maximum Gasteiger partial charge on any atom is 0.295 e. The molecule has 170 valence electrons. The van der Waals surface area contributed by atoms with Crippen molar-refractivity contribution in [2.75, 3.05) is 56.4 Å². The average molecular weight is 442 g/mol. The molecule has 2 N–H and O–H groups in total. The lowest BCUT2D eigenvalue weighted by molar-refractivity contribution is -0.384. The third kappa shape index (κ3) is 4.80. The second-order valence-electron chi connectivity index (χ2n) is 8.38. The Kier molecular flexibility index (Phi) is 6.50. The number of nitrogen functional groups attached to an aromatic ring is 1. The number of carbonyl (C=O) groups is 1. The predicted molar refractivity (Wildman–Crippen MR) is 119 cm³/mol. The van der Waals surface area contributed by atoms with Gasteiger partial charge in [0.15, 0.2) is 0 Å². The van der Waals surface area contributed by atoms with Crippen molar-refractivity contribution in [1.29, 1.82) is 0 Å². The SMILES string of the molecule is Nc1c(C(=O)N2CCCC(CN3CCN(c4ccccn4)CC3)C2)cc(F)cc1[N+](=O)[O-]. The molecule has 9 nitrogen and oxygen atoms in total. The number of carbonyl (C=O) groups excluding carboxylic acids is 1. The van der Waals surface area contributed by atoms with Gasteiger partial charge in [-0.15, -0.1) is 0 Å². The van der Waals surface area contributed by atoms with Gasteiger partial charge < -0.3 is 15.5 Å². The number of nitrogens with zero attached hydrogens (tertiary/aromatic N) is 5. The topological polar surface area (TPSA) is 109 Å². The highest BCUT2D eigenvalue weighted by Crippen LogP contribution is 2.29. The van der Waals surface area contributed by atoms with Crippen LogP contribution in [0.25, 0.3) is 0 Å². The Morgan fingerprint density at radius 3 is 2.69 bits per heavy atom. The third-order valence-electron chi connectivity index (χ3n) is 6.22. The molecule has 1 atom stereocenters. The quantitative estimate of drug-likeness (QED) is 0.430. The van der Waals surface area contributed by atoms with Crippen molar-refractivity contribution < 1.29 is 14.1 Å². The number of hydrogen-bond acceptors (Lipinski definition) is 7. The van der Waals surface area contributed by atoms with Gasteiger partial charge in [0.25, 0.3) is 11.6 Å². The van der Waals surface area contributed by atoms with E-state index < -0.39 is 22.3 Å². The summed E-state index contributed by atoms with van der Waals surface area (Å²) in [5.74, 6) is -0.00871. The molecule has 0 saturated carbocycles. The van der Waals surface area contributed by atoms with Gasteiger partial charge >= 0.3 is 0 Å². The van der Waals surface area contributed by atoms with Crippen LogP contribution in [0.4, 0.5) is 21.6 Å². The number of pyridine rings is 1. The lowest BCUT2D eigenvalue weighted by Gasteiger charge is -2.39. The van der Waals surface area contributed by atoms with Gasteiger partial charge in [0.1, 0.15) is 17.3 Å². The zero-order chi connectivity index (χ0) is 22.7. The van der Waals surface area contributed by atoms with Crippen molar-refractivity contribution >= 4 is 23.1 Å². The van der Waals surface area contributed by atoms with Crippen molar-refractivity contribution in [3.63, 3.8) is 0 Å². The second-order valence-corrected chi connectivity index (χ2v) is 8.38. The molecule has 32 heavy (non-hydrogen) atoms. The number of nitro groups is 1. The van der Waals surface area contributed by atoms with E-state index in [0.717, 1.165) is 63.5 Å². The minimum atomic E-state index is -0.839. The average Bonchev–Trinajstić information content (AvgIpc) is 2.81. The Balaban J connectivity index is 1.36. The summed E-state index contributed by atoms with van der Waals surface area (Å²) < 4.78 is 13.9. The summed E-state index contributed by atoms with van der Waals surface area (Å²) in [6.07, 6.45) is 3.64. The minimum Gasteiger partial charge on any atom is -0.393 e. The molecule has 4 rings (SSSR count). The van der Waals surface area contributed by atoms with Crippen molar-refractivity contribution in [3.8, 4) is 0 Å². The lowest BCUT2D eigenvalue weighted by Crippen LogP contribution is -2.50. The van der Waals surface area contributed by atoms with Crippen LogP contribution in [0.15, 0.2) is 36.5 Å². The number of hydrogen-bond donors (Lipinski definition) is 1. The first kappa shape index (κ1) is 21.9. The monoisotopic (exact) mass is 442 g/mol. The normalized spacial score (nSPS) is 19.7. The van der Waals surface area contributed by atoms with E-state index in [0.29, 0.717) is 19.0 Å². The molecule has 1 amide bonds. The molecule has 2 fully saturated rings. The Hall–Kier alpha value is -3.27. The fourth-order valence-corrected chi connectivity index (χ4v) is 4.57. The van der Waals surface area contributed by atoms with E-state index in [2.05, 4.69) is 14.8 Å². The molecule has 2 saturated heterocycles. The van der Waals surface area contributed by atoms with Crippen LogP contribution in [-0.4, -0.2) is 71.4 Å². The van der Waals surface area contributed by atoms with E-state index in [1.165, 1.54) is 0 Å². The highest BCUT2D eigenvalue weighted by atomic mass is 19.1. The third-order valence-corrected chi connectivity index (χ3v) is 6.22. The molecule has 1 aromatic heterocycles. The van der Waals surface area contributed by atoms with Crippen LogP contribution in [0.3, 0.4) is 0 Å². The van der Waals surface area contributed by atoms with Gasteiger partial charge in [-0.25, -0.2) is 9.37 Å². The van der Waals surface area contributed by atoms with E-state index >= 15 is 0 Å². The summed E-state index contributed by atoms with van der Waals surface area (Å²) in [7, 11) is 0. The number of nitro benzene ring substituents is 1. The Labute approximate surface area is 185 Å². The second kappa shape index (κ2) is 9.47. The summed E-state index contributed by atoms with van der Waals surface area (Å²) in [5.41, 5.74) is 4.83. The molecule has 2 aliphatic heterocycles. The van der Waals surface area contributed by atoms with Crippen LogP contribution in [0, 0.1) is 21.8 Å². The molecule has 0 aliphatic carbocycles. The van der Waals surface area contributed by atoms with Crippen LogP contribution in [0.1, 0.15) is 23.2 Å². The van der Waals surface area contributed by atoms with Gasteiger partial charge in [-0.3, -0.25) is 19.8 Å². The van der Waals surface area contributed by atoms with E-state index in [4.69, 9.17) is 5.73 Å². The van der Waals surface area contributed by atoms with Gasteiger partial charge in [-0.1, -0.05) is 6.07 Å². The molecule has 2 aromatic rings. The predicted octanol–water partition coefficient (Wildman–Crippen LogP) is 2.39. The number of rotatable bonds is 5. The Morgan fingerprint density at radius 1 is 1.22 bits per heavy atom. The first-order valence-corrected chi connectivity index (χ1v) is 10.8.